The minimum atomic E-state index is -0.242. The van der Waals surface area contributed by atoms with Gasteiger partial charge >= 0.3 is 0 Å². The van der Waals surface area contributed by atoms with Gasteiger partial charge < -0.3 is 4.74 Å². The van der Waals surface area contributed by atoms with Crippen LogP contribution in [0.25, 0.3) is 0 Å². The Balaban J connectivity index is 1.29. The van der Waals surface area contributed by atoms with Gasteiger partial charge in [-0.3, -0.25) is 24.4 Å². The lowest BCUT2D eigenvalue weighted by molar-refractivity contribution is -0.224. The van der Waals surface area contributed by atoms with Gasteiger partial charge in [0.2, 0.25) is 0 Å². The first-order valence-electron chi connectivity index (χ1n) is 9.06. The van der Waals surface area contributed by atoms with Crippen LogP contribution in [-0.4, -0.2) is 83.8 Å². The SMILES string of the molecule is CN1CC2(CN(Cc3ccccn3)C2)OC[C@@H]1C(=O)N1CCCCO1. The number of carbonyl (C=O) groups is 1. The van der Waals surface area contributed by atoms with Crippen LogP contribution in [0.3, 0.4) is 0 Å². The summed E-state index contributed by atoms with van der Waals surface area (Å²) in [4.78, 5) is 27.0. The molecule has 4 heterocycles. The van der Waals surface area contributed by atoms with Gasteiger partial charge in [-0.05, 0) is 32.0 Å². The molecule has 0 N–H and O–H groups in total. The van der Waals surface area contributed by atoms with Crippen molar-refractivity contribution in [1.82, 2.24) is 19.8 Å². The topological polar surface area (TPSA) is 58.1 Å². The third-order valence-electron chi connectivity index (χ3n) is 5.29. The third-order valence-corrected chi connectivity index (χ3v) is 5.29. The number of morpholine rings is 1. The molecule has 7 nitrogen and oxygen atoms in total. The first-order chi connectivity index (χ1) is 12.2. The number of amides is 1. The summed E-state index contributed by atoms with van der Waals surface area (Å²) in [6.07, 6.45) is 3.86. The van der Waals surface area contributed by atoms with Gasteiger partial charge in [-0.25, -0.2) is 5.06 Å². The van der Waals surface area contributed by atoms with Crippen LogP contribution in [0.4, 0.5) is 0 Å². The van der Waals surface area contributed by atoms with Crippen molar-refractivity contribution >= 4 is 5.91 Å². The molecule has 3 fully saturated rings. The Morgan fingerprint density at radius 2 is 2.20 bits per heavy atom. The van der Waals surface area contributed by atoms with E-state index in [9.17, 15) is 4.79 Å². The van der Waals surface area contributed by atoms with E-state index in [2.05, 4.69) is 14.8 Å². The van der Waals surface area contributed by atoms with Crippen LogP contribution in [0.2, 0.25) is 0 Å². The molecule has 0 radical (unpaired) electrons. The average Bonchev–Trinajstić information content (AvgIpc) is 2.62. The van der Waals surface area contributed by atoms with Gasteiger partial charge in [-0.15, -0.1) is 0 Å². The van der Waals surface area contributed by atoms with E-state index in [-0.39, 0.29) is 17.6 Å². The minimum Gasteiger partial charge on any atom is -0.369 e. The third kappa shape index (κ3) is 3.55. The first kappa shape index (κ1) is 16.9. The van der Waals surface area contributed by atoms with Crippen molar-refractivity contribution in [2.75, 3.05) is 46.4 Å². The Bertz CT molecular complexity index is 600. The highest BCUT2D eigenvalue weighted by Gasteiger charge is 2.50. The first-order valence-corrected chi connectivity index (χ1v) is 9.06. The Morgan fingerprint density at radius 3 is 2.88 bits per heavy atom. The second-order valence-corrected chi connectivity index (χ2v) is 7.37. The van der Waals surface area contributed by atoms with E-state index in [0.29, 0.717) is 19.8 Å². The average molecular weight is 346 g/mol. The van der Waals surface area contributed by atoms with Crippen molar-refractivity contribution in [2.24, 2.45) is 0 Å². The molecule has 3 saturated heterocycles. The Labute approximate surface area is 148 Å². The number of likely N-dealkylation sites (tertiary alicyclic amines) is 1. The summed E-state index contributed by atoms with van der Waals surface area (Å²) in [6, 6.07) is 5.76. The van der Waals surface area contributed by atoms with Gasteiger partial charge in [0, 0.05) is 38.9 Å². The zero-order valence-corrected chi connectivity index (χ0v) is 14.8. The van der Waals surface area contributed by atoms with Gasteiger partial charge in [-0.1, -0.05) is 6.07 Å². The second kappa shape index (κ2) is 6.99. The van der Waals surface area contributed by atoms with E-state index in [0.717, 1.165) is 44.7 Å². The molecule has 136 valence electrons. The van der Waals surface area contributed by atoms with Crippen molar-refractivity contribution in [2.45, 2.75) is 31.0 Å². The molecule has 1 aromatic heterocycles. The van der Waals surface area contributed by atoms with E-state index in [4.69, 9.17) is 9.57 Å². The van der Waals surface area contributed by atoms with Crippen LogP contribution in [0, 0.1) is 0 Å². The van der Waals surface area contributed by atoms with Crippen LogP contribution >= 0.6 is 0 Å². The van der Waals surface area contributed by atoms with Gasteiger partial charge in [0.25, 0.3) is 5.91 Å². The highest BCUT2D eigenvalue weighted by atomic mass is 16.7. The van der Waals surface area contributed by atoms with E-state index >= 15 is 0 Å². The van der Waals surface area contributed by atoms with E-state index in [1.165, 1.54) is 5.06 Å². The molecular weight excluding hydrogens is 320 g/mol. The summed E-state index contributed by atoms with van der Waals surface area (Å²) < 4.78 is 6.16. The van der Waals surface area contributed by atoms with E-state index in [1.807, 2.05) is 31.4 Å². The zero-order chi connectivity index (χ0) is 17.3. The number of ether oxygens (including phenoxy) is 1. The summed E-state index contributed by atoms with van der Waals surface area (Å²) >= 11 is 0. The van der Waals surface area contributed by atoms with Crippen LogP contribution < -0.4 is 0 Å². The normalized spacial score (nSPS) is 27.2. The number of likely N-dealkylation sites (N-methyl/N-ethyl adjacent to an activating group) is 1. The number of nitrogens with zero attached hydrogens (tertiary/aromatic N) is 4. The fourth-order valence-electron chi connectivity index (χ4n) is 3.98. The number of pyridine rings is 1. The minimum absolute atomic E-state index is 0.0294. The maximum Gasteiger partial charge on any atom is 0.265 e. The monoisotopic (exact) mass is 346 g/mol. The second-order valence-electron chi connectivity index (χ2n) is 7.37. The zero-order valence-electron chi connectivity index (χ0n) is 14.8. The van der Waals surface area contributed by atoms with Gasteiger partial charge in [-0.2, -0.15) is 0 Å². The summed E-state index contributed by atoms with van der Waals surface area (Å²) in [6.45, 7) is 5.15. The van der Waals surface area contributed by atoms with Gasteiger partial charge in [0.15, 0.2) is 0 Å². The summed E-state index contributed by atoms with van der Waals surface area (Å²) in [5, 5.41) is 1.53. The Kier molecular flexibility index (Phi) is 4.73. The highest BCUT2D eigenvalue weighted by Crippen LogP contribution is 2.31. The molecule has 1 spiro atoms. The lowest BCUT2D eigenvalue weighted by atomic mass is 9.90. The summed E-state index contributed by atoms with van der Waals surface area (Å²) in [7, 11) is 2.01. The number of hydrogen-bond acceptors (Lipinski definition) is 6. The van der Waals surface area contributed by atoms with Crippen molar-refractivity contribution < 1.29 is 14.4 Å². The highest BCUT2D eigenvalue weighted by molar-refractivity contribution is 5.81. The molecule has 1 amide bonds. The van der Waals surface area contributed by atoms with Crippen LogP contribution in [0.1, 0.15) is 18.5 Å². The summed E-state index contributed by atoms with van der Waals surface area (Å²) in [5.41, 5.74) is 0.931. The van der Waals surface area contributed by atoms with E-state index in [1.54, 1.807) is 0 Å². The molecule has 7 heteroatoms. The van der Waals surface area contributed by atoms with Gasteiger partial charge in [0.05, 0.1) is 18.9 Å². The lowest BCUT2D eigenvalue weighted by Crippen LogP contribution is -2.72. The molecule has 1 atom stereocenters. The number of rotatable bonds is 3. The molecule has 0 aromatic carbocycles. The smallest absolute Gasteiger partial charge is 0.265 e. The number of hydrogen-bond donors (Lipinski definition) is 0. The number of carbonyl (C=O) groups excluding carboxylic acids is 1. The fraction of sp³-hybridized carbons (Fsp3) is 0.667. The van der Waals surface area contributed by atoms with Gasteiger partial charge in [0.1, 0.15) is 11.6 Å². The predicted octanol–water partition coefficient (Wildman–Crippen LogP) is 0.521. The molecular formula is C18H26N4O3. The quantitative estimate of drug-likeness (QED) is 0.795. The molecule has 25 heavy (non-hydrogen) atoms. The van der Waals surface area contributed by atoms with Crippen LogP contribution in [-0.2, 0) is 20.9 Å². The maximum atomic E-state index is 12.6. The molecule has 0 bridgehead atoms. The molecule has 0 aliphatic carbocycles. The molecule has 3 aliphatic rings. The molecule has 0 unspecified atom stereocenters. The molecule has 3 aliphatic heterocycles. The maximum absolute atomic E-state index is 12.6. The van der Waals surface area contributed by atoms with Crippen molar-refractivity contribution in [1.29, 1.82) is 0 Å². The molecule has 4 rings (SSSR count). The summed E-state index contributed by atoms with van der Waals surface area (Å²) in [5.74, 6) is 0.0294. The largest absolute Gasteiger partial charge is 0.369 e. The van der Waals surface area contributed by atoms with Crippen molar-refractivity contribution in [3.05, 3.63) is 30.1 Å². The molecule has 1 aromatic rings. The molecule has 0 saturated carbocycles. The Morgan fingerprint density at radius 1 is 1.32 bits per heavy atom. The van der Waals surface area contributed by atoms with Crippen molar-refractivity contribution in [3.63, 3.8) is 0 Å². The lowest BCUT2D eigenvalue weighted by Gasteiger charge is -2.55. The Hall–Kier alpha value is -1.54. The number of aromatic nitrogens is 1. The van der Waals surface area contributed by atoms with E-state index < -0.39 is 0 Å². The van der Waals surface area contributed by atoms with Crippen molar-refractivity contribution in [3.8, 4) is 0 Å². The van der Waals surface area contributed by atoms with Crippen LogP contribution in [0.5, 0.6) is 0 Å². The van der Waals surface area contributed by atoms with Crippen LogP contribution in [0.15, 0.2) is 24.4 Å². The number of hydroxylamine groups is 2. The standard InChI is InChI=1S/C18H26N4O3/c1-20-12-18(13-21(14-18)10-15-6-2-3-7-19-15)24-11-16(20)17(23)22-8-4-5-9-25-22/h2-3,6-7,16H,4-5,8-14H2,1H3/t16-/m1/s1. The fourth-order valence-corrected chi connectivity index (χ4v) is 3.98. The predicted molar refractivity (Wildman–Crippen MR) is 91.5 cm³/mol.